The van der Waals surface area contributed by atoms with Crippen molar-refractivity contribution >= 4 is 5.91 Å². The van der Waals surface area contributed by atoms with Gasteiger partial charge >= 0.3 is 0 Å². The van der Waals surface area contributed by atoms with Crippen LogP contribution in [0, 0.1) is 17.2 Å². The number of fused-ring (bicyclic) bond motifs is 1. The number of amides is 1. The zero-order valence-corrected chi connectivity index (χ0v) is 11.0. The molecular formula is C14H15N5O. The summed E-state index contributed by atoms with van der Waals surface area (Å²) in [6, 6.07) is 3.55. The third-order valence-electron chi connectivity index (χ3n) is 3.66. The number of aromatic amines is 1. The number of hydrogen-bond acceptors (Lipinski definition) is 3. The number of H-pyrrole nitrogens is 1. The summed E-state index contributed by atoms with van der Waals surface area (Å²) >= 11 is 0. The van der Waals surface area contributed by atoms with Crippen molar-refractivity contribution in [3.8, 4) is 6.07 Å². The molecule has 102 valence electrons. The van der Waals surface area contributed by atoms with E-state index in [1.807, 2.05) is 18.5 Å². The van der Waals surface area contributed by atoms with Crippen LogP contribution in [0.5, 0.6) is 0 Å². The fourth-order valence-corrected chi connectivity index (χ4v) is 2.51. The summed E-state index contributed by atoms with van der Waals surface area (Å²) in [5.41, 5.74) is 0.897. The highest BCUT2D eigenvalue weighted by Crippen LogP contribution is 2.18. The lowest BCUT2D eigenvalue weighted by molar-refractivity contribution is 0.0940. The minimum absolute atomic E-state index is 0.166. The van der Waals surface area contributed by atoms with Crippen molar-refractivity contribution in [3.63, 3.8) is 0 Å². The molecule has 1 amide bonds. The number of hydrogen-bond donors (Lipinski definition) is 2. The van der Waals surface area contributed by atoms with Gasteiger partial charge in [-0.2, -0.15) is 5.26 Å². The van der Waals surface area contributed by atoms with Crippen LogP contribution in [0.1, 0.15) is 28.3 Å². The molecule has 3 rings (SSSR count). The summed E-state index contributed by atoms with van der Waals surface area (Å²) in [4.78, 5) is 19.1. The molecule has 0 fully saturated rings. The number of aryl methyl sites for hydroxylation is 1. The second-order valence-corrected chi connectivity index (χ2v) is 5.02. The normalized spacial score (nSPS) is 17.2. The molecule has 0 aromatic carbocycles. The minimum Gasteiger partial charge on any atom is -0.356 e. The molecule has 6 nitrogen and oxygen atoms in total. The first-order chi connectivity index (χ1) is 9.76. The first kappa shape index (κ1) is 12.5. The van der Waals surface area contributed by atoms with Gasteiger partial charge in [-0.1, -0.05) is 0 Å². The predicted molar refractivity (Wildman–Crippen MR) is 71.9 cm³/mol. The van der Waals surface area contributed by atoms with E-state index in [1.165, 1.54) is 6.20 Å². The largest absolute Gasteiger partial charge is 0.356 e. The molecule has 20 heavy (non-hydrogen) atoms. The number of nitrogens with zero attached hydrogens (tertiary/aromatic N) is 3. The minimum atomic E-state index is -0.166. The van der Waals surface area contributed by atoms with Gasteiger partial charge in [0, 0.05) is 38.1 Å². The van der Waals surface area contributed by atoms with Crippen molar-refractivity contribution in [2.24, 2.45) is 5.92 Å². The number of rotatable bonds is 3. The van der Waals surface area contributed by atoms with E-state index >= 15 is 0 Å². The zero-order chi connectivity index (χ0) is 13.9. The zero-order valence-electron chi connectivity index (χ0n) is 11.0. The molecular weight excluding hydrogens is 254 g/mol. The predicted octanol–water partition coefficient (Wildman–Crippen LogP) is 1.08. The molecule has 1 atom stereocenters. The average Bonchev–Trinajstić information content (AvgIpc) is 3.12. The topological polar surface area (TPSA) is 86.5 Å². The van der Waals surface area contributed by atoms with Gasteiger partial charge < -0.3 is 14.9 Å². The third kappa shape index (κ3) is 2.43. The lowest BCUT2D eigenvalue weighted by atomic mass is 9.98. The van der Waals surface area contributed by atoms with E-state index in [-0.39, 0.29) is 5.91 Å². The Morgan fingerprint density at radius 2 is 2.55 bits per heavy atom. The van der Waals surface area contributed by atoms with Crippen LogP contribution in [0.15, 0.2) is 24.7 Å². The van der Waals surface area contributed by atoms with Crippen LogP contribution >= 0.6 is 0 Å². The Labute approximate surface area is 116 Å². The van der Waals surface area contributed by atoms with Crippen LogP contribution in [-0.2, 0) is 13.0 Å². The van der Waals surface area contributed by atoms with E-state index in [1.54, 1.807) is 6.07 Å². The molecule has 0 unspecified atom stereocenters. The van der Waals surface area contributed by atoms with Crippen molar-refractivity contribution in [2.45, 2.75) is 19.4 Å². The summed E-state index contributed by atoms with van der Waals surface area (Å²) in [7, 11) is 0. The van der Waals surface area contributed by atoms with Gasteiger partial charge in [-0.25, -0.2) is 4.98 Å². The Morgan fingerprint density at radius 3 is 3.35 bits per heavy atom. The summed E-state index contributed by atoms with van der Waals surface area (Å²) in [5, 5.41) is 11.6. The monoisotopic (exact) mass is 269 g/mol. The maximum atomic E-state index is 11.9. The van der Waals surface area contributed by atoms with Crippen molar-refractivity contribution in [2.75, 3.05) is 6.54 Å². The number of carbonyl (C=O) groups is 1. The molecule has 1 aliphatic heterocycles. The molecule has 2 N–H and O–H groups in total. The van der Waals surface area contributed by atoms with Crippen molar-refractivity contribution < 1.29 is 4.79 Å². The molecule has 6 heteroatoms. The van der Waals surface area contributed by atoms with Crippen LogP contribution in [0.4, 0.5) is 0 Å². The van der Waals surface area contributed by atoms with Crippen molar-refractivity contribution in [1.29, 1.82) is 5.26 Å². The standard InChI is InChI=1S/C14H15N5O/c15-7-11-5-12(17-9-11)14(20)18-8-10-1-3-19-4-2-16-13(19)6-10/h2,4-5,9-10,17H,1,3,6,8H2,(H,18,20)/t10-/m0/s1. The highest BCUT2D eigenvalue weighted by atomic mass is 16.1. The molecule has 0 bridgehead atoms. The Kier molecular flexibility index (Phi) is 3.25. The summed E-state index contributed by atoms with van der Waals surface area (Å²) < 4.78 is 2.16. The van der Waals surface area contributed by atoms with Gasteiger partial charge in [-0.3, -0.25) is 4.79 Å². The summed E-state index contributed by atoms with van der Waals surface area (Å²) in [6.45, 7) is 1.59. The summed E-state index contributed by atoms with van der Waals surface area (Å²) in [5.74, 6) is 1.34. The fourth-order valence-electron chi connectivity index (χ4n) is 2.51. The van der Waals surface area contributed by atoms with Crippen LogP contribution in [0.25, 0.3) is 0 Å². The lowest BCUT2D eigenvalue weighted by Crippen LogP contribution is -2.33. The van der Waals surface area contributed by atoms with Gasteiger partial charge in [0.1, 0.15) is 17.6 Å². The Morgan fingerprint density at radius 1 is 1.65 bits per heavy atom. The van der Waals surface area contributed by atoms with Crippen molar-refractivity contribution in [1.82, 2.24) is 19.9 Å². The van der Waals surface area contributed by atoms with Gasteiger partial charge in [0.25, 0.3) is 5.91 Å². The highest BCUT2D eigenvalue weighted by Gasteiger charge is 2.20. The number of nitrogens with one attached hydrogen (secondary N) is 2. The number of carbonyl (C=O) groups excluding carboxylic acids is 1. The molecule has 0 saturated heterocycles. The van der Waals surface area contributed by atoms with E-state index in [0.717, 1.165) is 25.2 Å². The number of imidazole rings is 1. The van der Waals surface area contributed by atoms with E-state index in [2.05, 4.69) is 19.9 Å². The van der Waals surface area contributed by atoms with Crippen LogP contribution in [-0.4, -0.2) is 27.0 Å². The molecule has 2 aromatic heterocycles. The van der Waals surface area contributed by atoms with Gasteiger partial charge in [0.05, 0.1) is 5.56 Å². The van der Waals surface area contributed by atoms with E-state index in [0.29, 0.717) is 23.7 Å². The maximum Gasteiger partial charge on any atom is 0.267 e. The first-order valence-corrected chi connectivity index (χ1v) is 6.63. The molecule has 3 heterocycles. The smallest absolute Gasteiger partial charge is 0.267 e. The van der Waals surface area contributed by atoms with Crippen LogP contribution in [0.2, 0.25) is 0 Å². The second-order valence-electron chi connectivity index (χ2n) is 5.02. The number of aromatic nitrogens is 3. The third-order valence-corrected chi connectivity index (χ3v) is 3.66. The Hall–Kier alpha value is -2.55. The molecule has 2 aromatic rings. The quantitative estimate of drug-likeness (QED) is 0.874. The number of nitriles is 1. The molecule has 0 spiro atoms. The highest BCUT2D eigenvalue weighted by molar-refractivity contribution is 5.92. The Balaban J connectivity index is 1.55. The summed E-state index contributed by atoms with van der Waals surface area (Å²) in [6.07, 6.45) is 7.27. The Bertz CT molecular complexity index is 663. The van der Waals surface area contributed by atoms with Crippen LogP contribution < -0.4 is 5.32 Å². The molecule has 0 saturated carbocycles. The molecule has 0 aliphatic carbocycles. The lowest BCUT2D eigenvalue weighted by Gasteiger charge is -2.23. The fraction of sp³-hybridized carbons (Fsp3) is 0.357. The van der Waals surface area contributed by atoms with E-state index in [9.17, 15) is 4.79 Å². The van der Waals surface area contributed by atoms with Crippen molar-refractivity contribution in [3.05, 3.63) is 41.7 Å². The van der Waals surface area contributed by atoms with Gasteiger partial charge in [-0.15, -0.1) is 0 Å². The van der Waals surface area contributed by atoms with Gasteiger partial charge in [0.15, 0.2) is 0 Å². The van der Waals surface area contributed by atoms with E-state index in [4.69, 9.17) is 5.26 Å². The first-order valence-electron chi connectivity index (χ1n) is 6.63. The van der Waals surface area contributed by atoms with Crippen LogP contribution in [0.3, 0.4) is 0 Å². The second kappa shape index (κ2) is 5.21. The average molecular weight is 269 g/mol. The molecule has 1 aliphatic rings. The van der Waals surface area contributed by atoms with Gasteiger partial charge in [0.2, 0.25) is 0 Å². The van der Waals surface area contributed by atoms with Gasteiger partial charge in [-0.05, 0) is 18.4 Å². The van der Waals surface area contributed by atoms with E-state index < -0.39 is 0 Å². The SMILES string of the molecule is N#Cc1c[nH]c(C(=O)NC[C@H]2CCn3ccnc3C2)c1. The molecule has 0 radical (unpaired) electrons. The maximum absolute atomic E-state index is 11.9.